The molecule has 5 amide bonds. The van der Waals surface area contributed by atoms with Crippen LogP contribution in [0.1, 0.15) is 41.6 Å². The Hall–Kier alpha value is -3.89. The summed E-state index contributed by atoms with van der Waals surface area (Å²) >= 11 is 0. The highest BCUT2D eigenvalue weighted by molar-refractivity contribution is 6.10. The van der Waals surface area contributed by atoms with E-state index in [1.54, 1.807) is 0 Å². The molecular formula is C23H21F3N4O4. The number of nitrogens with one attached hydrogen (secondary N) is 3. The first kappa shape index (κ1) is 23.3. The Labute approximate surface area is 192 Å². The first-order valence-electron chi connectivity index (χ1n) is 10.6. The predicted molar refractivity (Wildman–Crippen MR) is 116 cm³/mol. The number of benzene rings is 2. The summed E-state index contributed by atoms with van der Waals surface area (Å²) < 4.78 is 38.6. The maximum atomic E-state index is 12.9. The molecule has 2 aliphatic rings. The van der Waals surface area contributed by atoms with E-state index < -0.39 is 47.6 Å². The molecule has 2 aromatic rings. The van der Waals surface area contributed by atoms with Gasteiger partial charge in [-0.1, -0.05) is 25.0 Å². The van der Waals surface area contributed by atoms with E-state index in [9.17, 15) is 32.3 Å². The van der Waals surface area contributed by atoms with Crippen molar-refractivity contribution in [2.45, 2.75) is 37.4 Å². The van der Waals surface area contributed by atoms with E-state index in [1.807, 2.05) is 0 Å². The lowest BCUT2D eigenvalue weighted by Gasteiger charge is -2.19. The first-order valence-corrected chi connectivity index (χ1v) is 10.6. The zero-order valence-corrected chi connectivity index (χ0v) is 17.9. The van der Waals surface area contributed by atoms with Crippen LogP contribution in [0, 0.1) is 0 Å². The summed E-state index contributed by atoms with van der Waals surface area (Å²) in [6.45, 7) is -0.479. The van der Waals surface area contributed by atoms with Crippen molar-refractivity contribution in [3.63, 3.8) is 0 Å². The van der Waals surface area contributed by atoms with E-state index in [-0.39, 0.29) is 16.9 Å². The lowest BCUT2D eigenvalue weighted by atomic mass is 9.98. The van der Waals surface area contributed by atoms with E-state index in [2.05, 4.69) is 16.0 Å². The van der Waals surface area contributed by atoms with Crippen LogP contribution in [0.5, 0.6) is 0 Å². The molecular weight excluding hydrogens is 453 g/mol. The molecule has 1 saturated heterocycles. The van der Waals surface area contributed by atoms with Gasteiger partial charge in [0, 0.05) is 16.9 Å². The molecule has 178 valence electrons. The molecule has 2 aromatic carbocycles. The number of hydrogen-bond donors (Lipinski definition) is 3. The highest BCUT2D eigenvalue weighted by Gasteiger charge is 2.52. The van der Waals surface area contributed by atoms with Crippen molar-refractivity contribution < 1.29 is 32.3 Å². The maximum Gasteiger partial charge on any atom is 0.416 e. The molecule has 3 N–H and O–H groups in total. The number of rotatable bonds is 5. The summed E-state index contributed by atoms with van der Waals surface area (Å²) in [4.78, 5) is 50.8. The molecule has 11 heteroatoms. The average Bonchev–Trinajstić information content (AvgIpc) is 3.34. The molecule has 1 spiro atoms. The minimum Gasteiger partial charge on any atom is -0.325 e. The van der Waals surface area contributed by atoms with E-state index in [0.29, 0.717) is 12.8 Å². The minimum atomic E-state index is -4.55. The Morgan fingerprint density at radius 2 is 1.62 bits per heavy atom. The van der Waals surface area contributed by atoms with Crippen LogP contribution >= 0.6 is 0 Å². The fraction of sp³-hybridized carbons (Fsp3) is 0.304. The molecule has 1 saturated carbocycles. The smallest absolute Gasteiger partial charge is 0.325 e. The average molecular weight is 474 g/mol. The topological polar surface area (TPSA) is 108 Å². The van der Waals surface area contributed by atoms with E-state index in [4.69, 9.17) is 0 Å². The second-order valence-corrected chi connectivity index (χ2v) is 8.27. The standard InChI is InChI=1S/C23H21F3N4O4/c24-23(25,26)15-6-4-8-17(12-15)28-19(32)14-5-3-7-16(11-14)27-18(31)13-30-20(33)22(29-21(30)34)9-1-2-10-22/h3-8,11-12H,1-2,9-10,13H2,(H,27,31)(H,28,32)(H,29,34). The molecule has 4 rings (SSSR count). The highest BCUT2D eigenvalue weighted by atomic mass is 19.4. The third-order valence-electron chi connectivity index (χ3n) is 5.86. The van der Waals surface area contributed by atoms with Gasteiger partial charge in [0.15, 0.2) is 0 Å². The highest BCUT2D eigenvalue weighted by Crippen LogP contribution is 2.35. The van der Waals surface area contributed by atoms with Crippen LogP contribution in [0.3, 0.4) is 0 Å². The number of anilines is 2. The van der Waals surface area contributed by atoms with E-state index in [1.165, 1.54) is 36.4 Å². The monoisotopic (exact) mass is 474 g/mol. The van der Waals surface area contributed by atoms with Gasteiger partial charge in [-0.2, -0.15) is 13.2 Å². The van der Waals surface area contributed by atoms with Gasteiger partial charge in [0.25, 0.3) is 11.8 Å². The molecule has 2 fully saturated rings. The Morgan fingerprint density at radius 3 is 2.29 bits per heavy atom. The Morgan fingerprint density at radius 1 is 0.971 bits per heavy atom. The van der Waals surface area contributed by atoms with E-state index in [0.717, 1.165) is 29.9 Å². The fourth-order valence-electron chi connectivity index (χ4n) is 4.20. The Kier molecular flexibility index (Phi) is 6.03. The number of urea groups is 1. The van der Waals surface area contributed by atoms with Gasteiger partial charge in [-0.05, 0) is 49.2 Å². The van der Waals surface area contributed by atoms with Crippen molar-refractivity contribution in [2.24, 2.45) is 0 Å². The van der Waals surface area contributed by atoms with Crippen LogP contribution in [0.2, 0.25) is 0 Å². The second-order valence-electron chi connectivity index (χ2n) is 8.27. The summed E-state index contributed by atoms with van der Waals surface area (Å²) in [6, 6.07) is 9.36. The summed E-state index contributed by atoms with van der Waals surface area (Å²) in [5.74, 6) is -1.72. The molecule has 0 radical (unpaired) electrons. The fourth-order valence-corrected chi connectivity index (χ4v) is 4.20. The van der Waals surface area contributed by atoms with Gasteiger partial charge in [-0.3, -0.25) is 19.3 Å². The molecule has 0 aromatic heterocycles. The summed E-state index contributed by atoms with van der Waals surface area (Å²) in [5, 5.41) is 7.62. The maximum absolute atomic E-state index is 12.9. The lowest BCUT2D eigenvalue weighted by molar-refractivity contribution is -0.137. The van der Waals surface area contributed by atoms with Crippen LogP contribution in [0.15, 0.2) is 48.5 Å². The van der Waals surface area contributed by atoms with Gasteiger partial charge in [-0.15, -0.1) is 0 Å². The predicted octanol–water partition coefficient (Wildman–Crippen LogP) is 3.76. The normalized spacial score (nSPS) is 17.1. The van der Waals surface area contributed by atoms with Crippen LogP contribution in [0.25, 0.3) is 0 Å². The van der Waals surface area contributed by atoms with Crippen LogP contribution < -0.4 is 16.0 Å². The van der Waals surface area contributed by atoms with Gasteiger partial charge >= 0.3 is 12.2 Å². The van der Waals surface area contributed by atoms with Crippen molar-refractivity contribution in [2.75, 3.05) is 17.2 Å². The number of carbonyl (C=O) groups is 4. The molecule has 34 heavy (non-hydrogen) atoms. The van der Waals surface area contributed by atoms with Gasteiger partial charge in [0.1, 0.15) is 12.1 Å². The van der Waals surface area contributed by atoms with Gasteiger partial charge in [0.05, 0.1) is 5.56 Å². The van der Waals surface area contributed by atoms with Crippen molar-refractivity contribution in [3.05, 3.63) is 59.7 Å². The number of hydrogen-bond acceptors (Lipinski definition) is 4. The molecule has 1 aliphatic carbocycles. The number of nitrogens with zero attached hydrogens (tertiary/aromatic N) is 1. The second kappa shape index (κ2) is 8.81. The number of amides is 5. The molecule has 0 atom stereocenters. The number of halogens is 3. The Bertz CT molecular complexity index is 1160. The molecule has 0 bridgehead atoms. The van der Waals surface area contributed by atoms with Crippen molar-refractivity contribution >= 4 is 35.1 Å². The molecule has 8 nitrogen and oxygen atoms in total. The summed E-state index contributed by atoms with van der Waals surface area (Å²) in [6.07, 6.45) is -1.82. The first-order chi connectivity index (χ1) is 16.1. The Balaban J connectivity index is 1.40. The molecule has 1 aliphatic heterocycles. The number of carbonyl (C=O) groups excluding carboxylic acids is 4. The van der Waals surface area contributed by atoms with Gasteiger partial charge in [0.2, 0.25) is 5.91 Å². The quantitative estimate of drug-likeness (QED) is 0.574. The third kappa shape index (κ3) is 4.73. The lowest BCUT2D eigenvalue weighted by Crippen LogP contribution is -2.44. The SMILES string of the molecule is O=C(CN1C(=O)NC2(CCCC2)C1=O)Nc1cccc(C(=O)Nc2cccc(C(F)(F)F)c2)c1. The zero-order chi connectivity index (χ0) is 24.5. The number of alkyl halides is 3. The van der Waals surface area contributed by atoms with Gasteiger partial charge in [-0.25, -0.2) is 4.79 Å². The zero-order valence-electron chi connectivity index (χ0n) is 17.9. The van der Waals surface area contributed by atoms with Crippen LogP contribution in [-0.4, -0.2) is 40.7 Å². The third-order valence-corrected chi connectivity index (χ3v) is 5.86. The van der Waals surface area contributed by atoms with Crippen LogP contribution in [0.4, 0.5) is 29.3 Å². The van der Waals surface area contributed by atoms with Gasteiger partial charge < -0.3 is 16.0 Å². The van der Waals surface area contributed by atoms with Crippen molar-refractivity contribution in [3.8, 4) is 0 Å². The van der Waals surface area contributed by atoms with Crippen LogP contribution in [-0.2, 0) is 15.8 Å². The van der Waals surface area contributed by atoms with E-state index >= 15 is 0 Å². The summed E-state index contributed by atoms with van der Waals surface area (Å²) in [7, 11) is 0. The summed E-state index contributed by atoms with van der Waals surface area (Å²) in [5.41, 5.74) is -1.53. The largest absolute Gasteiger partial charge is 0.416 e. The molecule has 0 unspecified atom stereocenters. The molecule has 1 heterocycles. The van der Waals surface area contributed by atoms with Crippen molar-refractivity contribution in [1.82, 2.24) is 10.2 Å². The number of imide groups is 1. The van der Waals surface area contributed by atoms with Crippen molar-refractivity contribution in [1.29, 1.82) is 0 Å². The minimum absolute atomic E-state index is 0.0336.